The molecule has 2 aromatic rings. The summed E-state index contributed by atoms with van der Waals surface area (Å²) in [6.45, 7) is 0.795. The maximum absolute atomic E-state index is 13.7. The van der Waals surface area contributed by atoms with Gasteiger partial charge >= 0.3 is 0 Å². The van der Waals surface area contributed by atoms with Crippen LogP contribution in [-0.4, -0.2) is 12.8 Å². The Morgan fingerprint density at radius 3 is 2.65 bits per heavy atom. The van der Waals surface area contributed by atoms with E-state index in [1.165, 1.54) is 18.9 Å². The van der Waals surface area contributed by atoms with Crippen molar-refractivity contribution in [1.82, 2.24) is 0 Å². The van der Waals surface area contributed by atoms with Gasteiger partial charge in [0.1, 0.15) is 17.3 Å². The minimum atomic E-state index is -0.273. The highest BCUT2D eigenvalue weighted by atomic mass is 19.1. The lowest BCUT2D eigenvalue weighted by molar-refractivity contribution is 0.480. The zero-order chi connectivity index (χ0) is 13.8. The van der Waals surface area contributed by atoms with E-state index in [1.54, 1.807) is 18.3 Å². The molecule has 1 aliphatic rings. The van der Waals surface area contributed by atoms with E-state index in [0.29, 0.717) is 17.2 Å². The first kappa shape index (κ1) is 12.9. The molecule has 0 atom stereocenters. The predicted molar refractivity (Wildman–Crippen MR) is 78.1 cm³/mol. The maximum Gasteiger partial charge on any atom is 0.132 e. The molecule has 102 valence electrons. The Morgan fingerprint density at radius 1 is 1.10 bits per heavy atom. The van der Waals surface area contributed by atoms with E-state index in [-0.39, 0.29) is 5.82 Å². The number of benzene rings is 2. The number of nitrogens with zero attached hydrogens (tertiary/aromatic N) is 1. The summed E-state index contributed by atoms with van der Waals surface area (Å²) in [5, 5.41) is 0. The van der Waals surface area contributed by atoms with Crippen LogP contribution in [0.1, 0.15) is 18.4 Å². The molecule has 1 saturated carbocycles. The van der Waals surface area contributed by atoms with Crippen molar-refractivity contribution >= 4 is 6.21 Å². The Labute approximate surface area is 117 Å². The summed E-state index contributed by atoms with van der Waals surface area (Å²) >= 11 is 0. The van der Waals surface area contributed by atoms with Crippen LogP contribution >= 0.6 is 0 Å². The predicted octanol–water partition coefficient (Wildman–Crippen LogP) is 4.45. The molecule has 0 amide bonds. The van der Waals surface area contributed by atoms with Gasteiger partial charge in [0.05, 0.1) is 0 Å². The molecule has 2 nitrogen and oxygen atoms in total. The van der Waals surface area contributed by atoms with Crippen molar-refractivity contribution in [3.63, 3.8) is 0 Å². The molecule has 3 heteroatoms. The van der Waals surface area contributed by atoms with Crippen LogP contribution in [0.25, 0.3) is 0 Å². The van der Waals surface area contributed by atoms with Crippen LogP contribution < -0.4 is 4.74 Å². The second-order valence-electron chi connectivity index (χ2n) is 5.04. The van der Waals surface area contributed by atoms with Crippen molar-refractivity contribution in [2.75, 3.05) is 6.54 Å². The molecule has 0 N–H and O–H groups in total. The number of aliphatic imine (C=N–C) groups is 1. The Hall–Kier alpha value is -2.16. The number of ether oxygens (including phenoxy) is 1. The standard InChI is InChI=1S/C17H16FNO/c18-17-9-8-16(20-15-4-2-1-3-5-15)10-14(17)12-19-11-13-6-7-13/h1-5,8-10,12-13H,6-7,11H2. The van der Waals surface area contributed by atoms with Gasteiger partial charge in [-0.15, -0.1) is 0 Å². The highest BCUT2D eigenvalue weighted by molar-refractivity contribution is 5.80. The minimum Gasteiger partial charge on any atom is -0.457 e. The molecule has 1 aliphatic carbocycles. The largest absolute Gasteiger partial charge is 0.457 e. The van der Waals surface area contributed by atoms with Gasteiger partial charge in [0, 0.05) is 18.3 Å². The van der Waals surface area contributed by atoms with Gasteiger partial charge in [-0.3, -0.25) is 4.99 Å². The summed E-state index contributed by atoms with van der Waals surface area (Å²) in [5.41, 5.74) is 0.471. The molecule has 20 heavy (non-hydrogen) atoms. The molecule has 0 heterocycles. The molecule has 0 radical (unpaired) electrons. The van der Waals surface area contributed by atoms with Gasteiger partial charge in [0.2, 0.25) is 0 Å². The molecule has 0 spiro atoms. The maximum atomic E-state index is 13.7. The topological polar surface area (TPSA) is 21.6 Å². The molecule has 1 fully saturated rings. The number of para-hydroxylation sites is 1. The second-order valence-corrected chi connectivity index (χ2v) is 5.04. The van der Waals surface area contributed by atoms with E-state index in [0.717, 1.165) is 12.3 Å². The summed E-state index contributed by atoms with van der Waals surface area (Å²) in [6.07, 6.45) is 4.10. The molecular weight excluding hydrogens is 253 g/mol. The summed E-state index contributed by atoms with van der Waals surface area (Å²) in [6, 6.07) is 14.2. The van der Waals surface area contributed by atoms with Gasteiger partial charge in [-0.05, 0) is 49.1 Å². The van der Waals surface area contributed by atoms with Gasteiger partial charge in [0.15, 0.2) is 0 Å². The van der Waals surface area contributed by atoms with Crippen LogP contribution in [0.3, 0.4) is 0 Å². The zero-order valence-electron chi connectivity index (χ0n) is 11.1. The summed E-state index contributed by atoms with van der Waals surface area (Å²) in [4.78, 5) is 4.29. The highest BCUT2D eigenvalue weighted by Gasteiger charge is 2.19. The normalized spacial score (nSPS) is 14.7. The van der Waals surface area contributed by atoms with Gasteiger partial charge in [-0.2, -0.15) is 0 Å². The molecule has 0 bridgehead atoms. The van der Waals surface area contributed by atoms with Crippen LogP contribution in [0.5, 0.6) is 11.5 Å². The monoisotopic (exact) mass is 269 g/mol. The first-order valence-electron chi connectivity index (χ1n) is 6.83. The van der Waals surface area contributed by atoms with Gasteiger partial charge < -0.3 is 4.74 Å². The first-order valence-corrected chi connectivity index (χ1v) is 6.83. The third kappa shape index (κ3) is 3.44. The highest BCUT2D eigenvalue weighted by Crippen LogP contribution is 2.29. The van der Waals surface area contributed by atoms with E-state index >= 15 is 0 Å². The molecule has 0 unspecified atom stereocenters. The van der Waals surface area contributed by atoms with Crippen LogP contribution in [0.15, 0.2) is 53.5 Å². The van der Waals surface area contributed by atoms with E-state index in [2.05, 4.69) is 4.99 Å². The van der Waals surface area contributed by atoms with Crippen LogP contribution in [0.2, 0.25) is 0 Å². The lowest BCUT2D eigenvalue weighted by Gasteiger charge is -2.06. The lowest BCUT2D eigenvalue weighted by Crippen LogP contribution is -1.92. The van der Waals surface area contributed by atoms with Crippen molar-refractivity contribution in [2.24, 2.45) is 10.9 Å². The Bertz CT molecular complexity index is 606. The SMILES string of the molecule is Fc1ccc(Oc2ccccc2)cc1C=NCC1CC1. The fourth-order valence-electron chi connectivity index (χ4n) is 1.91. The van der Waals surface area contributed by atoms with E-state index < -0.39 is 0 Å². The number of rotatable bonds is 5. The number of halogens is 1. The van der Waals surface area contributed by atoms with Crippen LogP contribution in [0.4, 0.5) is 4.39 Å². The first-order chi connectivity index (χ1) is 9.81. The third-order valence-corrected chi connectivity index (χ3v) is 3.24. The van der Waals surface area contributed by atoms with E-state index in [1.807, 2.05) is 30.3 Å². The molecule has 0 saturated heterocycles. The molecule has 2 aromatic carbocycles. The quantitative estimate of drug-likeness (QED) is 0.735. The van der Waals surface area contributed by atoms with Crippen LogP contribution in [-0.2, 0) is 0 Å². The summed E-state index contributed by atoms with van der Waals surface area (Å²) in [7, 11) is 0. The average Bonchev–Trinajstić information content (AvgIpc) is 3.28. The third-order valence-electron chi connectivity index (χ3n) is 3.24. The number of hydrogen-bond acceptors (Lipinski definition) is 2. The number of hydrogen-bond donors (Lipinski definition) is 0. The molecule has 0 aliphatic heterocycles. The summed E-state index contributed by atoms with van der Waals surface area (Å²) in [5.74, 6) is 1.79. The molecule has 0 aromatic heterocycles. The van der Waals surface area contributed by atoms with E-state index in [9.17, 15) is 4.39 Å². The Balaban J connectivity index is 1.73. The van der Waals surface area contributed by atoms with Gasteiger partial charge in [-0.25, -0.2) is 4.39 Å². The summed E-state index contributed by atoms with van der Waals surface area (Å²) < 4.78 is 19.4. The van der Waals surface area contributed by atoms with Crippen molar-refractivity contribution in [1.29, 1.82) is 0 Å². The van der Waals surface area contributed by atoms with Crippen molar-refractivity contribution < 1.29 is 9.13 Å². The lowest BCUT2D eigenvalue weighted by atomic mass is 10.2. The average molecular weight is 269 g/mol. The Kier molecular flexibility index (Phi) is 3.77. The van der Waals surface area contributed by atoms with Crippen LogP contribution in [0, 0.1) is 11.7 Å². The fraction of sp³-hybridized carbons (Fsp3) is 0.235. The smallest absolute Gasteiger partial charge is 0.132 e. The van der Waals surface area contributed by atoms with Crippen molar-refractivity contribution in [2.45, 2.75) is 12.8 Å². The van der Waals surface area contributed by atoms with Gasteiger partial charge in [0.25, 0.3) is 0 Å². The second kappa shape index (κ2) is 5.87. The van der Waals surface area contributed by atoms with Crippen molar-refractivity contribution in [3.8, 4) is 11.5 Å². The zero-order valence-corrected chi connectivity index (χ0v) is 11.1. The van der Waals surface area contributed by atoms with E-state index in [4.69, 9.17) is 4.74 Å². The van der Waals surface area contributed by atoms with Crippen molar-refractivity contribution in [3.05, 3.63) is 59.9 Å². The fourth-order valence-corrected chi connectivity index (χ4v) is 1.91. The minimum absolute atomic E-state index is 0.273. The molecule has 3 rings (SSSR count). The Morgan fingerprint density at radius 2 is 1.90 bits per heavy atom. The van der Waals surface area contributed by atoms with Gasteiger partial charge in [-0.1, -0.05) is 18.2 Å². The molecular formula is C17H16FNO.